The molecule has 0 aliphatic carbocycles. The molecule has 0 aromatic carbocycles. The average molecular weight is 163 g/mol. The van der Waals surface area contributed by atoms with E-state index in [0.717, 1.165) is 0 Å². The molecule has 0 aromatic rings. The molecule has 24 valence electrons. The van der Waals surface area contributed by atoms with Crippen molar-refractivity contribution in [3.05, 3.63) is 0 Å². The molecule has 0 N–H and O–H groups in total. The van der Waals surface area contributed by atoms with Crippen molar-refractivity contribution in [2.45, 2.75) is 0 Å². The summed E-state index contributed by atoms with van der Waals surface area (Å²) in [7, 11) is 0. The van der Waals surface area contributed by atoms with Crippen LogP contribution in [0.4, 0.5) is 0 Å². The summed E-state index contributed by atoms with van der Waals surface area (Å²) in [6.07, 6.45) is 0. The molecule has 0 rings (SSSR count). The van der Waals surface area contributed by atoms with E-state index in [-0.39, 0.29) is 12.7 Å². The average Bonchev–Trinajstić information content (AvgIpc) is 1.37. The number of halogens is 1. The Kier molecular flexibility index (Phi) is 4.10. The van der Waals surface area contributed by atoms with E-state index in [1.165, 1.54) is 0 Å². The Morgan fingerprint density at radius 1 is 2.00 bits per heavy atom. The van der Waals surface area contributed by atoms with Gasteiger partial charge in [0.05, 0.1) is 0 Å². The van der Waals surface area contributed by atoms with Gasteiger partial charge >= 0.3 is 36.4 Å². The second-order valence-electron chi connectivity index (χ2n) is 0.149. The maximum absolute atomic E-state index is 9.02. The van der Waals surface area contributed by atoms with Crippen LogP contribution in [-0.2, 0) is 17.5 Å². The Hall–Kier alpha value is 0.579. The number of carbonyl (C=O) groups excluding carboxylic acids is 1. The van der Waals surface area contributed by atoms with Crippen LogP contribution in [0, 0.1) is 0 Å². The van der Waals surface area contributed by atoms with Gasteiger partial charge in [0.2, 0.25) is 0 Å². The van der Waals surface area contributed by atoms with Crippen molar-refractivity contribution in [3.8, 4) is 0 Å². The van der Waals surface area contributed by atoms with E-state index < -0.39 is 0 Å². The van der Waals surface area contributed by atoms with Crippen LogP contribution >= 0.6 is 14.1 Å². The van der Waals surface area contributed by atoms with Crippen molar-refractivity contribution in [2.24, 2.45) is 0 Å². The van der Waals surface area contributed by atoms with E-state index in [0.29, 0.717) is 0 Å². The van der Waals surface area contributed by atoms with Gasteiger partial charge in [-0.25, -0.2) is 0 Å². The van der Waals surface area contributed by atoms with E-state index in [9.17, 15) is 0 Å². The van der Waals surface area contributed by atoms with Crippen LogP contribution in [0.5, 0.6) is 0 Å². The van der Waals surface area contributed by atoms with Gasteiger partial charge in [0.1, 0.15) is 0 Å². The second-order valence-corrected chi connectivity index (χ2v) is 1.85. The van der Waals surface area contributed by atoms with Crippen molar-refractivity contribution in [2.75, 3.05) is 0 Å². The van der Waals surface area contributed by atoms with Gasteiger partial charge in [0.15, 0.2) is 0 Å². The monoisotopic (exact) mass is 162 g/mol. The topological polar surface area (TPSA) is 17.1 Å². The molecule has 1 nitrogen and oxygen atoms in total. The molecule has 0 saturated carbocycles. The fourth-order valence-corrected chi connectivity index (χ4v) is 0. The summed E-state index contributed by atoms with van der Waals surface area (Å²) < 4.78 is 0. The zero-order valence-corrected chi connectivity index (χ0v) is 4.43. The first-order valence-corrected chi connectivity index (χ1v) is 4.04. The van der Waals surface area contributed by atoms with Gasteiger partial charge in [-0.2, -0.15) is 0 Å². The third-order valence-electron chi connectivity index (χ3n) is 0.0292. The van der Waals surface area contributed by atoms with Crippen molar-refractivity contribution in [1.29, 1.82) is 0 Å². The predicted molar refractivity (Wildman–Crippen MR) is 14.6 cm³/mol. The standard InChI is InChI=1S/CO.BrH.Mn/c1-2;;/h;1H;/q;;+1/p-1. The summed E-state index contributed by atoms with van der Waals surface area (Å²) in [5.41, 5.74) is 0. The molecule has 0 aliphatic heterocycles. The zero-order valence-electron chi connectivity index (χ0n) is 1.66. The van der Waals surface area contributed by atoms with Crippen molar-refractivity contribution in [1.82, 2.24) is 0 Å². The molecule has 0 aliphatic rings. The Morgan fingerprint density at radius 2 is 2.25 bits per heavy atom. The van der Waals surface area contributed by atoms with Crippen LogP contribution in [-0.4, -0.2) is 4.79 Å². The van der Waals surface area contributed by atoms with Gasteiger partial charge in [-0.1, -0.05) is 0 Å². The zero-order chi connectivity index (χ0) is 3.41. The summed E-state index contributed by atoms with van der Waals surface area (Å²) in [5.74, 6) is 0. The van der Waals surface area contributed by atoms with Crippen molar-refractivity contribution >= 4 is 18.9 Å². The number of hydrogen-bond donors (Lipinski definition) is 0. The van der Waals surface area contributed by atoms with Crippen molar-refractivity contribution in [3.63, 3.8) is 0 Å². The summed E-state index contributed by atoms with van der Waals surface area (Å²) >= 11 is 2.98. The molecular weight excluding hydrogens is 163 g/mol. The SMILES string of the molecule is O=[C]=[Mn][Br]. The van der Waals surface area contributed by atoms with Gasteiger partial charge < -0.3 is 0 Å². The van der Waals surface area contributed by atoms with Crippen LogP contribution in [0.2, 0.25) is 0 Å². The van der Waals surface area contributed by atoms with Gasteiger partial charge in [0.25, 0.3) is 0 Å². The normalized spacial score (nSPS) is 5.25. The van der Waals surface area contributed by atoms with Gasteiger partial charge in [-0.05, 0) is 0 Å². The molecule has 0 bridgehead atoms. The summed E-state index contributed by atoms with van der Waals surface area (Å²) in [5, 5.41) is 0. The van der Waals surface area contributed by atoms with Crippen molar-refractivity contribution < 1.29 is 17.5 Å². The van der Waals surface area contributed by atoms with Crippen LogP contribution in [0.25, 0.3) is 0 Å². The van der Waals surface area contributed by atoms with Crippen LogP contribution < -0.4 is 0 Å². The Morgan fingerprint density at radius 3 is 2.25 bits per heavy atom. The Balaban J connectivity index is 3.11. The molecule has 0 heterocycles. The summed E-state index contributed by atoms with van der Waals surface area (Å²) in [4.78, 5) is 10.6. The van der Waals surface area contributed by atoms with Crippen LogP contribution in [0.1, 0.15) is 0 Å². The van der Waals surface area contributed by atoms with E-state index in [1.807, 2.05) is 0 Å². The Labute approximate surface area is 36.8 Å². The molecule has 0 saturated heterocycles. The quantitative estimate of drug-likeness (QED) is 0.473. The third-order valence-corrected chi connectivity index (χ3v) is 0.625. The van der Waals surface area contributed by atoms with Crippen LogP contribution in [0.3, 0.4) is 0 Å². The van der Waals surface area contributed by atoms with Gasteiger partial charge in [-0.15, -0.1) is 0 Å². The number of hydrogen-bond acceptors (Lipinski definition) is 1. The second kappa shape index (κ2) is 3.58. The summed E-state index contributed by atoms with van der Waals surface area (Å²) in [6.45, 7) is 0. The van der Waals surface area contributed by atoms with Gasteiger partial charge in [0, 0.05) is 0 Å². The maximum atomic E-state index is 9.02. The van der Waals surface area contributed by atoms with E-state index >= 15 is 0 Å². The molecule has 3 heteroatoms. The fraction of sp³-hybridized carbons (Fsp3) is 0. The minimum atomic E-state index is 0.125. The molecule has 0 spiro atoms. The molecule has 0 fully saturated rings. The van der Waals surface area contributed by atoms with Crippen LogP contribution in [0.15, 0.2) is 0 Å². The Bertz CT molecular complexity index is 46.0. The first-order valence-electron chi connectivity index (χ1n) is 0.536. The minimum absolute atomic E-state index is 0.125. The molecule has 4 heavy (non-hydrogen) atoms. The number of rotatable bonds is 0. The predicted octanol–water partition coefficient (Wildman–Crippen LogP) is 0.446. The summed E-state index contributed by atoms with van der Waals surface area (Å²) in [6, 6.07) is 0. The molecule has 0 atom stereocenters. The molecule has 0 aromatic heterocycles. The third kappa shape index (κ3) is 2.58. The first-order chi connectivity index (χ1) is 1.91. The first kappa shape index (κ1) is 4.58. The van der Waals surface area contributed by atoms with E-state index in [4.69, 9.17) is 4.79 Å². The molecule has 0 radical (unpaired) electrons. The van der Waals surface area contributed by atoms with E-state index in [1.54, 1.807) is 4.79 Å². The molecule has 0 amide bonds. The van der Waals surface area contributed by atoms with Gasteiger partial charge in [-0.3, -0.25) is 0 Å². The fourth-order valence-electron chi connectivity index (χ4n) is 0. The molecular formula is CBrMnO. The van der Waals surface area contributed by atoms with E-state index in [2.05, 4.69) is 14.1 Å². The molecule has 0 unspecified atom stereocenters.